The molecule has 0 aliphatic heterocycles. The number of carboxylic acid groups (broad SMARTS) is 1. The van der Waals surface area contributed by atoms with E-state index in [2.05, 4.69) is 0 Å². The smallest absolute Gasteiger partial charge is 0.550 e. The molecule has 0 saturated carbocycles. The number of rotatable bonds is 1. The second-order valence-electron chi connectivity index (χ2n) is 1.93. The van der Waals surface area contributed by atoms with Crippen LogP contribution in [0.1, 0.15) is 12.8 Å². The van der Waals surface area contributed by atoms with Crippen LogP contribution in [0.3, 0.4) is 0 Å². The Bertz CT molecular complexity index is 131. The summed E-state index contributed by atoms with van der Waals surface area (Å²) < 4.78 is 0. The molecule has 0 bridgehead atoms. The van der Waals surface area contributed by atoms with Gasteiger partial charge in [0.1, 0.15) is 0 Å². The van der Waals surface area contributed by atoms with E-state index in [4.69, 9.17) is 0 Å². The fourth-order valence-corrected chi connectivity index (χ4v) is 0.829. The second-order valence-corrected chi connectivity index (χ2v) is 1.93. The summed E-state index contributed by atoms with van der Waals surface area (Å²) in [6.45, 7) is 0. The van der Waals surface area contributed by atoms with Crippen molar-refractivity contribution in [2.45, 2.75) is 12.8 Å². The Morgan fingerprint density at radius 2 is 2.33 bits per heavy atom. The molecule has 9 heavy (non-hydrogen) atoms. The number of carbonyl (C=O) groups is 1. The first-order valence-corrected chi connectivity index (χ1v) is 2.68. The minimum atomic E-state index is -0.946. The van der Waals surface area contributed by atoms with Crippen molar-refractivity contribution in [3.8, 4) is 0 Å². The summed E-state index contributed by atoms with van der Waals surface area (Å²) in [4.78, 5) is 10.0. The van der Waals surface area contributed by atoms with Crippen LogP contribution in [0.5, 0.6) is 0 Å². The number of hydrogen-bond acceptors (Lipinski definition) is 2. The van der Waals surface area contributed by atoms with Gasteiger partial charge in [-0.1, -0.05) is 12.2 Å². The molecule has 44 valence electrons. The molecule has 0 aromatic rings. The summed E-state index contributed by atoms with van der Waals surface area (Å²) in [5.74, 6) is -1.26. The molecule has 1 unspecified atom stereocenters. The molecule has 0 aromatic carbocycles. The van der Waals surface area contributed by atoms with Gasteiger partial charge in [0.05, 0.1) is 0 Å². The van der Waals surface area contributed by atoms with Gasteiger partial charge in [0.15, 0.2) is 0 Å². The first-order valence-electron chi connectivity index (χ1n) is 2.68. The summed E-state index contributed by atoms with van der Waals surface area (Å²) in [7, 11) is 0. The van der Waals surface area contributed by atoms with Crippen LogP contribution < -0.4 is 34.7 Å². The van der Waals surface area contributed by atoms with E-state index in [9.17, 15) is 9.90 Å². The van der Waals surface area contributed by atoms with Gasteiger partial charge in [0, 0.05) is 11.9 Å². The normalized spacial score (nSPS) is 23.3. The van der Waals surface area contributed by atoms with Crippen LogP contribution in [0.25, 0.3) is 0 Å². The standard InChI is InChI=1S/C6H8O2.Na/c7-6(8)5-3-1-2-4-5;/h1,3,5H,2,4H2,(H,7,8);/q;+1/p-1. The fraction of sp³-hybridized carbons (Fsp3) is 0.500. The van der Waals surface area contributed by atoms with E-state index >= 15 is 0 Å². The van der Waals surface area contributed by atoms with Crippen molar-refractivity contribution >= 4 is 5.97 Å². The summed E-state index contributed by atoms with van der Waals surface area (Å²) in [6, 6.07) is 0. The Hall–Kier alpha value is 0.210. The van der Waals surface area contributed by atoms with Crippen LogP contribution in [-0.4, -0.2) is 5.97 Å². The quantitative estimate of drug-likeness (QED) is 0.278. The van der Waals surface area contributed by atoms with Crippen LogP contribution in [0.2, 0.25) is 0 Å². The van der Waals surface area contributed by atoms with E-state index in [1.165, 1.54) is 0 Å². The zero-order chi connectivity index (χ0) is 5.98. The molecule has 1 rings (SSSR count). The van der Waals surface area contributed by atoms with Gasteiger partial charge in [-0.2, -0.15) is 0 Å². The third kappa shape index (κ3) is 2.52. The average molecular weight is 134 g/mol. The van der Waals surface area contributed by atoms with E-state index in [0.29, 0.717) is 0 Å². The molecule has 0 heterocycles. The molecule has 0 aromatic heterocycles. The van der Waals surface area contributed by atoms with E-state index < -0.39 is 5.97 Å². The second kappa shape index (κ2) is 4.09. The van der Waals surface area contributed by atoms with Crippen LogP contribution in [0.15, 0.2) is 12.2 Å². The molecule has 0 saturated heterocycles. The Kier molecular flexibility index (Phi) is 4.19. The van der Waals surface area contributed by atoms with Gasteiger partial charge in [0.2, 0.25) is 0 Å². The molecule has 2 nitrogen and oxygen atoms in total. The van der Waals surface area contributed by atoms with Crippen molar-refractivity contribution in [1.29, 1.82) is 0 Å². The molecular formula is C6H7NaO2. The third-order valence-corrected chi connectivity index (χ3v) is 1.32. The Morgan fingerprint density at radius 3 is 2.56 bits per heavy atom. The van der Waals surface area contributed by atoms with Crippen LogP contribution in [0, 0.1) is 5.92 Å². The number of aliphatic carboxylic acids is 1. The van der Waals surface area contributed by atoms with Crippen molar-refractivity contribution in [3.63, 3.8) is 0 Å². The van der Waals surface area contributed by atoms with Gasteiger partial charge in [-0.15, -0.1) is 0 Å². The first kappa shape index (κ1) is 9.21. The molecule has 0 fully saturated rings. The molecule has 0 amide bonds. The summed E-state index contributed by atoms with van der Waals surface area (Å²) in [6.07, 6.45) is 5.18. The van der Waals surface area contributed by atoms with E-state index in [0.717, 1.165) is 12.8 Å². The zero-order valence-electron chi connectivity index (χ0n) is 5.46. The molecule has 0 radical (unpaired) electrons. The minimum absolute atomic E-state index is 0. The maximum Gasteiger partial charge on any atom is 1.00 e. The summed E-state index contributed by atoms with van der Waals surface area (Å²) in [5.41, 5.74) is 0. The van der Waals surface area contributed by atoms with Gasteiger partial charge >= 0.3 is 29.6 Å². The Morgan fingerprint density at radius 1 is 1.67 bits per heavy atom. The van der Waals surface area contributed by atoms with E-state index in [-0.39, 0.29) is 35.5 Å². The van der Waals surface area contributed by atoms with Gasteiger partial charge in [0.25, 0.3) is 0 Å². The van der Waals surface area contributed by atoms with Crippen molar-refractivity contribution in [2.75, 3.05) is 0 Å². The summed E-state index contributed by atoms with van der Waals surface area (Å²) in [5, 5.41) is 10.0. The molecule has 1 aliphatic carbocycles. The topological polar surface area (TPSA) is 40.1 Å². The molecule has 0 N–H and O–H groups in total. The van der Waals surface area contributed by atoms with Gasteiger partial charge < -0.3 is 9.90 Å². The van der Waals surface area contributed by atoms with E-state index in [1.54, 1.807) is 6.08 Å². The number of carbonyl (C=O) groups excluding carboxylic acids is 1. The minimum Gasteiger partial charge on any atom is -0.550 e. The fourth-order valence-electron chi connectivity index (χ4n) is 0.829. The van der Waals surface area contributed by atoms with Crippen LogP contribution in [0.4, 0.5) is 0 Å². The average Bonchev–Trinajstić information content (AvgIpc) is 2.12. The van der Waals surface area contributed by atoms with Crippen LogP contribution >= 0.6 is 0 Å². The number of carboxylic acids is 1. The number of allylic oxidation sites excluding steroid dienone is 1. The molecule has 3 heteroatoms. The van der Waals surface area contributed by atoms with Crippen molar-refractivity contribution in [2.24, 2.45) is 5.92 Å². The van der Waals surface area contributed by atoms with Gasteiger partial charge in [-0.3, -0.25) is 0 Å². The first-order chi connectivity index (χ1) is 3.80. The third-order valence-electron chi connectivity index (χ3n) is 1.32. The van der Waals surface area contributed by atoms with Crippen molar-refractivity contribution in [3.05, 3.63) is 12.2 Å². The van der Waals surface area contributed by atoms with Crippen LogP contribution in [-0.2, 0) is 4.79 Å². The summed E-state index contributed by atoms with van der Waals surface area (Å²) >= 11 is 0. The molecular weight excluding hydrogens is 127 g/mol. The largest absolute Gasteiger partial charge is 1.00 e. The van der Waals surface area contributed by atoms with Gasteiger partial charge in [-0.25, -0.2) is 0 Å². The monoisotopic (exact) mass is 134 g/mol. The molecule has 1 atom stereocenters. The predicted octanol–water partition coefficient (Wildman–Crippen LogP) is -3.29. The maximum absolute atomic E-state index is 10.0. The van der Waals surface area contributed by atoms with Crippen molar-refractivity contribution < 1.29 is 39.5 Å². The van der Waals surface area contributed by atoms with Gasteiger partial charge in [-0.05, 0) is 12.8 Å². The zero-order valence-corrected chi connectivity index (χ0v) is 7.46. The maximum atomic E-state index is 10.0. The SMILES string of the molecule is O=C([O-])C1C=CCC1.[Na+]. The Balaban J connectivity index is 0.000000640. The molecule has 0 spiro atoms. The molecule has 1 aliphatic rings. The van der Waals surface area contributed by atoms with E-state index in [1.807, 2.05) is 6.08 Å². The van der Waals surface area contributed by atoms with Crippen molar-refractivity contribution in [1.82, 2.24) is 0 Å². The Labute approximate surface area is 76.2 Å². The number of hydrogen-bond donors (Lipinski definition) is 0. The predicted molar refractivity (Wildman–Crippen MR) is 26.9 cm³/mol.